The van der Waals surface area contributed by atoms with Crippen molar-refractivity contribution in [2.24, 2.45) is 0 Å². The summed E-state index contributed by atoms with van der Waals surface area (Å²) in [5.74, 6) is 0.202. The van der Waals surface area contributed by atoms with Gasteiger partial charge < -0.3 is 19.5 Å². The fourth-order valence-corrected chi connectivity index (χ4v) is 4.53. The number of hydrogen-bond acceptors (Lipinski definition) is 7. The first-order chi connectivity index (χ1) is 19.8. The first kappa shape index (κ1) is 27.9. The minimum Gasteiger partial charge on any atom is -0.497 e. The third kappa shape index (κ3) is 6.40. The molecule has 1 heterocycles. The smallest absolute Gasteiger partial charge is 0.338 e. The number of esters is 1. The third-order valence-electron chi connectivity index (χ3n) is 6.17. The second kappa shape index (κ2) is 12.2. The molecule has 0 aliphatic rings. The molecule has 0 spiro atoms. The first-order valence-corrected chi connectivity index (χ1v) is 13.1. The second-order valence-corrected chi connectivity index (χ2v) is 9.67. The van der Waals surface area contributed by atoms with Gasteiger partial charge in [0.2, 0.25) is 0 Å². The summed E-state index contributed by atoms with van der Waals surface area (Å²) in [4.78, 5) is 34.9. The van der Waals surface area contributed by atoms with Crippen LogP contribution in [0.15, 0.2) is 84.9 Å². The molecule has 0 atom stereocenters. The fourth-order valence-electron chi connectivity index (χ4n) is 4.07. The Hall–Kier alpha value is -4.66. The van der Waals surface area contributed by atoms with E-state index in [1.165, 1.54) is 6.07 Å². The molecule has 5 rings (SSSR count). The number of carbonyl (C=O) groups excluding carboxylic acids is 2. The number of halogens is 2. The summed E-state index contributed by atoms with van der Waals surface area (Å²) in [7, 11) is 3.21. The average Bonchev–Trinajstić information content (AvgIpc) is 3.00. The lowest BCUT2D eigenvalue weighted by Gasteiger charge is -2.12. The highest BCUT2D eigenvalue weighted by Gasteiger charge is 2.17. The molecule has 1 aromatic heterocycles. The molecule has 0 unspecified atom stereocenters. The number of anilines is 1. The second-order valence-electron chi connectivity index (χ2n) is 8.83. The van der Waals surface area contributed by atoms with Crippen molar-refractivity contribution < 1.29 is 23.8 Å². The molecule has 0 fully saturated rings. The summed E-state index contributed by atoms with van der Waals surface area (Å²) in [5.41, 5.74) is 4.60. The maximum Gasteiger partial charge on any atom is 0.338 e. The molecule has 8 nitrogen and oxygen atoms in total. The van der Waals surface area contributed by atoms with E-state index >= 15 is 0 Å². The summed E-state index contributed by atoms with van der Waals surface area (Å²) >= 11 is 12.0. The highest BCUT2D eigenvalue weighted by Crippen LogP contribution is 2.33. The van der Waals surface area contributed by atoms with E-state index < -0.39 is 18.5 Å². The molecular formula is C31H23Cl2N3O5. The van der Waals surface area contributed by atoms with Crippen molar-refractivity contribution in [3.8, 4) is 34.0 Å². The minimum absolute atomic E-state index is 0.224. The van der Waals surface area contributed by atoms with Crippen LogP contribution in [0.5, 0.6) is 11.5 Å². The van der Waals surface area contributed by atoms with Crippen LogP contribution < -0.4 is 14.8 Å². The van der Waals surface area contributed by atoms with E-state index in [0.717, 1.165) is 16.9 Å². The lowest BCUT2D eigenvalue weighted by atomic mass is 10.0. The zero-order chi connectivity index (χ0) is 28.9. The zero-order valence-corrected chi connectivity index (χ0v) is 23.5. The minimum atomic E-state index is -0.684. The van der Waals surface area contributed by atoms with Crippen LogP contribution in [0, 0.1) is 0 Å². The molecule has 5 aromatic rings. The highest BCUT2D eigenvalue weighted by molar-refractivity contribution is 6.36. The highest BCUT2D eigenvalue weighted by atomic mass is 35.5. The number of rotatable bonds is 8. The molecule has 4 aromatic carbocycles. The normalized spacial score (nSPS) is 10.7. The topological polar surface area (TPSA) is 99.6 Å². The van der Waals surface area contributed by atoms with Crippen molar-refractivity contribution >= 4 is 51.8 Å². The Morgan fingerprint density at radius 2 is 1.32 bits per heavy atom. The van der Waals surface area contributed by atoms with E-state index in [0.29, 0.717) is 38.9 Å². The van der Waals surface area contributed by atoms with Gasteiger partial charge in [0, 0.05) is 16.1 Å². The van der Waals surface area contributed by atoms with E-state index in [1.54, 1.807) is 44.6 Å². The Labute approximate surface area is 245 Å². The SMILES string of the molecule is COc1ccc(-c2nc3ccc(C(=O)OCC(=O)Nc4ccc(Cl)cc4Cl)cc3nc2-c2ccc(OC)cc2)cc1. The number of amides is 1. The van der Waals surface area contributed by atoms with Gasteiger partial charge in [-0.3, -0.25) is 4.79 Å². The number of nitrogens with zero attached hydrogens (tertiary/aromatic N) is 2. The van der Waals surface area contributed by atoms with Gasteiger partial charge in [-0.2, -0.15) is 0 Å². The number of benzene rings is 4. The summed E-state index contributed by atoms with van der Waals surface area (Å²) in [6.45, 7) is -0.505. The van der Waals surface area contributed by atoms with Crippen LogP contribution in [0.4, 0.5) is 5.69 Å². The molecule has 1 amide bonds. The molecule has 206 valence electrons. The van der Waals surface area contributed by atoms with Crippen LogP contribution in [-0.2, 0) is 9.53 Å². The van der Waals surface area contributed by atoms with Gasteiger partial charge in [-0.1, -0.05) is 23.2 Å². The Morgan fingerprint density at radius 3 is 1.88 bits per heavy atom. The number of nitrogens with one attached hydrogen (secondary N) is 1. The maximum absolute atomic E-state index is 12.8. The number of ether oxygens (including phenoxy) is 3. The molecule has 0 radical (unpaired) electrons. The molecule has 1 N–H and O–H groups in total. The quantitative estimate of drug-likeness (QED) is 0.193. The van der Waals surface area contributed by atoms with Gasteiger partial charge in [0.15, 0.2) is 6.61 Å². The number of hydrogen-bond donors (Lipinski definition) is 1. The van der Waals surface area contributed by atoms with Crippen LogP contribution in [0.2, 0.25) is 10.0 Å². The van der Waals surface area contributed by atoms with E-state index in [2.05, 4.69) is 5.32 Å². The monoisotopic (exact) mass is 587 g/mol. The molecule has 0 saturated carbocycles. The van der Waals surface area contributed by atoms with Crippen LogP contribution in [-0.4, -0.2) is 42.7 Å². The van der Waals surface area contributed by atoms with Crippen LogP contribution in [0.25, 0.3) is 33.5 Å². The Morgan fingerprint density at radius 1 is 0.732 bits per heavy atom. The van der Waals surface area contributed by atoms with Crippen LogP contribution in [0.3, 0.4) is 0 Å². The summed E-state index contributed by atoms with van der Waals surface area (Å²) in [5, 5.41) is 3.30. The van der Waals surface area contributed by atoms with Gasteiger partial charge in [0.1, 0.15) is 11.5 Å². The fraction of sp³-hybridized carbons (Fsp3) is 0.0968. The number of aromatic nitrogens is 2. The van der Waals surface area contributed by atoms with Crippen molar-refractivity contribution in [3.05, 3.63) is 101 Å². The van der Waals surface area contributed by atoms with Gasteiger partial charge >= 0.3 is 5.97 Å². The van der Waals surface area contributed by atoms with Gasteiger partial charge in [-0.25, -0.2) is 14.8 Å². The number of carbonyl (C=O) groups is 2. The molecule has 0 aliphatic heterocycles. The Balaban J connectivity index is 1.42. The average molecular weight is 588 g/mol. The largest absolute Gasteiger partial charge is 0.497 e. The van der Waals surface area contributed by atoms with E-state index in [9.17, 15) is 9.59 Å². The Kier molecular flexibility index (Phi) is 8.33. The lowest BCUT2D eigenvalue weighted by Crippen LogP contribution is -2.21. The summed E-state index contributed by atoms with van der Waals surface area (Å²) in [6, 6.07) is 24.5. The maximum atomic E-state index is 12.8. The number of methoxy groups -OCH3 is 2. The summed E-state index contributed by atoms with van der Waals surface area (Å²) < 4.78 is 15.8. The molecule has 10 heteroatoms. The van der Waals surface area contributed by atoms with Gasteiger partial charge in [0.25, 0.3) is 5.91 Å². The van der Waals surface area contributed by atoms with E-state index in [4.69, 9.17) is 47.4 Å². The third-order valence-corrected chi connectivity index (χ3v) is 6.71. The predicted molar refractivity (Wildman–Crippen MR) is 159 cm³/mol. The van der Waals surface area contributed by atoms with Crippen molar-refractivity contribution in [2.45, 2.75) is 0 Å². The molecule has 0 aliphatic carbocycles. The van der Waals surface area contributed by atoms with Gasteiger partial charge in [-0.15, -0.1) is 0 Å². The van der Waals surface area contributed by atoms with Crippen molar-refractivity contribution in [3.63, 3.8) is 0 Å². The first-order valence-electron chi connectivity index (χ1n) is 12.4. The van der Waals surface area contributed by atoms with Gasteiger partial charge in [0.05, 0.1) is 52.9 Å². The standard InChI is InChI=1S/C31H23Cl2N3O5/c1-39-22-9-3-18(4-10-22)29-30(19-5-11-23(40-2)12-6-19)36-27-15-20(7-13-26(27)35-29)31(38)41-17-28(37)34-25-14-8-21(32)16-24(25)33/h3-16H,17H2,1-2H3,(H,34,37). The summed E-state index contributed by atoms with van der Waals surface area (Å²) in [6.07, 6.45) is 0. The van der Waals surface area contributed by atoms with Crippen molar-refractivity contribution in [1.82, 2.24) is 9.97 Å². The molecule has 0 bridgehead atoms. The molecular weight excluding hydrogens is 565 g/mol. The van der Waals surface area contributed by atoms with Gasteiger partial charge in [-0.05, 0) is 84.9 Å². The van der Waals surface area contributed by atoms with Crippen LogP contribution >= 0.6 is 23.2 Å². The molecule has 0 saturated heterocycles. The zero-order valence-electron chi connectivity index (χ0n) is 22.0. The number of fused-ring (bicyclic) bond motifs is 1. The lowest BCUT2D eigenvalue weighted by molar-refractivity contribution is -0.119. The van der Waals surface area contributed by atoms with E-state index in [1.807, 2.05) is 48.5 Å². The van der Waals surface area contributed by atoms with E-state index in [-0.39, 0.29) is 10.6 Å². The van der Waals surface area contributed by atoms with Crippen molar-refractivity contribution in [2.75, 3.05) is 26.1 Å². The Bertz CT molecular complexity index is 1740. The molecule has 41 heavy (non-hydrogen) atoms. The predicted octanol–water partition coefficient (Wildman–Crippen LogP) is 7.08. The van der Waals surface area contributed by atoms with Crippen LogP contribution in [0.1, 0.15) is 10.4 Å². The van der Waals surface area contributed by atoms with Crippen molar-refractivity contribution in [1.29, 1.82) is 0 Å².